The molecule has 0 spiro atoms. The van der Waals surface area contributed by atoms with Crippen LogP contribution in [0.5, 0.6) is 0 Å². The van der Waals surface area contributed by atoms with Gasteiger partial charge in [0.25, 0.3) is 5.89 Å². The third kappa shape index (κ3) is 5.51. The first kappa shape index (κ1) is 27.5. The molecule has 0 bridgehead atoms. The summed E-state index contributed by atoms with van der Waals surface area (Å²) in [6, 6.07) is 10.2. The van der Waals surface area contributed by atoms with E-state index in [2.05, 4.69) is 20.4 Å². The molecule has 2 aromatic carbocycles. The molecule has 1 N–H and O–H groups in total. The van der Waals surface area contributed by atoms with Gasteiger partial charge in [-0.2, -0.15) is 4.98 Å². The molecule has 8 nitrogen and oxygen atoms in total. The van der Waals surface area contributed by atoms with Gasteiger partial charge in [-0.15, -0.1) is 0 Å². The number of aromatic nitrogens is 3. The maximum Gasteiger partial charge on any atom is 0.258 e. The first-order valence-electron chi connectivity index (χ1n) is 11.8. The fraction of sp³-hybridized carbons (Fsp3) is 0.231. The van der Waals surface area contributed by atoms with Gasteiger partial charge in [0, 0.05) is 33.1 Å². The quantitative estimate of drug-likeness (QED) is 0.250. The highest BCUT2D eigenvalue weighted by Crippen LogP contribution is 2.57. The molecule has 1 aliphatic carbocycles. The number of nitrogens with zero attached hydrogens (tertiary/aromatic N) is 3. The van der Waals surface area contributed by atoms with Crippen molar-refractivity contribution in [2.45, 2.75) is 36.6 Å². The molecule has 0 saturated heterocycles. The van der Waals surface area contributed by atoms with Gasteiger partial charge >= 0.3 is 0 Å². The molecule has 0 unspecified atom stereocenters. The zero-order chi connectivity index (χ0) is 27.9. The molecule has 2 heterocycles. The minimum Gasteiger partial charge on any atom is -0.334 e. The highest BCUT2D eigenvalue weighted by molar-refractivity contribution is 7.91. The largest absolute Gasteiger partial charge is 0.334 e. The average Bonchev–Trinajstić information content (AvgIpc) is 3.51. The van der Waals surface area contributed by atoms with Crippen LogP contribution in [0.25, 0.3) is 11.5 Å². The van der Waals surface area contributed by atoms with Crippen LogP contribution in [0.2, 0.25) is 15.1 Å². The zero-order valence-electron chi connectivity index (χ0n) is 20.3. The lowest BCUT2D eigenvalue weighted by Gasteiger charge is -2.17. The van der Waals surface area contributed by atoms with Crippen molar-refractivity contribution in [1.82, 2.24) is 15.1 Å². The number of hydrogen-bond acceptors (Lipinski definition) is 7. The van der Waals surface area contributed by atoms with Crippen LogP contribution in [0.3, 0.4) is 0 Å². The minimum absolute atomic E-state index is 0.0284. The van der Waals surface area contributed by atoms with E-state index in [1.54, 1.807) is 18.2 Å². The molecule has 0 atom stereocenters. The molecule has 4 aromatic rings. The Morgan fingerprint density at radius 3 is 2.38 bits per heavy atom. The number of amides is 1. The van der Waals surface area contributed by atoms with Crippen LogP contribution >= 0.6 is 34.8 Å². The molecule has 1 amide bonds. The summed E-state index contributed by atoms with van der Waals surface area (Å²) in [6.07, 6.45) is 2.69. The highest BCUT2D eigenvalue weighted by Gasteiger charge is 2.52. The third-order valence-electron chi connectivity index (χ3n) is 6.44. The number of nitrogens with one attached hydrogen (secondary N) is 1. The SMILES string of the molecule is CCS(=O)(=O)c1ccc(CC(=O)Nc2cc(Cl)c(C3(c4noc(-c5ccc(F)c(Cl)c5)n4)CC3)c(Cl)c2)cn1. The van der Waals surface area contributed by atoms with E-state index in [9.17, 15) is 17.6 Å². The van der Waals surface area contributed by atoms with Crippen LogP contribution in [0.4, 0.5) is 10.1 Å². The smallest absolute Gasteiger partial charge is 0.258 e. The molecule has 1 saturated carbocycles. The van der Waals surface area contributed by atoms with Crippen LogP contribution in [0.15, 0.2) is 58.2 Å². The van der Waals surface area contributed by atoms with Crippen molar-refractivity contribution in [1.29, 1.82) is 0 Å². The molecule has 13 heteroatoms. The van der Waals surface area contributed by atoms with Gasteiger partial charge in [0.05, 0.1) is 22.6 Å². The van der Waals surface area contributed by atoms with Gasteiger partial charge in [0.15, 0.2) is 20.7 Å². The Balaban J connectivity index is 1.33. The van der Waals surface area contributed by atoms with Crippen molar-refractivity contribution in [3.8, 4) is 11.5 Å². The molecular weight excluding hydrogens is 590 g/mol. The Morgan fingerprint density at radius 2 is 1.79 bits per heavy atom. The number of sulfone groups is 1. The van der Waals surface area contributed by atoms with Gasteiger partial charge in [-0.3, -0.25) is 4.79 Å². The van der Waals surface area contributed by atoms with Gasteiger partial charge in [-0.05, 0) is 54.8 Å². The van der Waals surface area contributed by atoms with Crippen molar-refractivity contribution < 1.29 is 22.1 Å². The lowest BCUT2D eigenvalue weighted by atomic mass is 9.94. The van der Waals surface area contributed by atoms with Gasteiger partial charge in [0.2, 0.25) is 5.91 Å². The number of halogens is 4. The fourth-order valence-corrected chi connectivity index (χ4v) is 6.03. The standard InChI is InChI=1S/C26H20Cl3FN4O4S/c1-2-39(36,37)22-6-3-14(13-31-22)9-21(35)32-16-11-18(28)23(19(29)12-16)26(7-8-26)25-33-24(38-34-25)15-4-5-20(30)17(27)10-15/h3-6,10-13H,2,7-9H2,1H3,(H,32,35). The van der Waals surface area contributed by atoms with Gasteiger partial charge in [0.1, 0.15) is 5.82 Å². The summed E-state index contributed by atoms with van der Waals surface area (Å²) >= 11 is 19.2. The van der Waals surface area contributed by atoms with Crippen LogP contribution in [-0.2, 0) is 26.5 Å². The molecule has 202 valence electrons. The second kappa shape index (κ2) is 10.5. The Morgan fingerprint density at radius 1 is 1.08 bits per heavy atom. The number of carbonyl (C=O) groups is 1. The predicted molar refractivity (Wildman–Crippen MR) is 145 cm³/mol. The van der Waals surface area contributed by atoms with Crippen molar-refractivity contribution in [2.24, 2.45) is 0 Å². The van der Waals surface area contributed by atoms with E-state index in [0.29, 0.717) is 51.1 Å². The summed E-state index contributed by atoms with van der Waals surface area (Å²) in [5.74, 6) is -0.398. The van der Waals surface area contributed by atoms with E-state index >= 15 is 0 Å². The summed E-state index contributed by atoms with van der Waals surface area (Å²) < 4.78 is 42.8. The van der Waals surface area contributed by atoms with Gasteiger partial charge < -0.3 is 9.84 Å². The van der Waals surface area contributed by atoms with E-state index in [-0.39, 0.29) is 34.0 Å². The van der Waals surface area contributed by atoms with Crippen molar-refractivity contribution in [3.63, 3.8) is 0 Å². The Bertz CT molecular complexity index is 1670. The summed E-state index contributed by atoms with van der Waals surface area (Å²) in [5.41, 5.74) is 1.37. The second-order valence-corrected chi connectivity index (χ2v) is 12.5. The minimum atomic E-state index is -3.42. The van der Waals surface area contributed by atoms with Gasteiger partial charge in [-0.1, -0.05) is 52.9 Å². The van der Waals surface area contributed by atoms with Crippen molar-refractivity contribution in [3.05, 3.63) is 86.5 Å². The monoisotopic (exact) mass is 608 g/mol. The molecule has 1 fully saturated rings. The number of rotatable bonds is 8. The lowest BCUT2D eigenvalue weighted by Crippen LogP contribution is -2.16. The Labute approximate surface area is 238 Å². The zero-order valence-corrected chi connectivity index (χ0v) is 23.4. The number of hydrogen-bond donors (Lipinski definition) is 1. The predicted octanol–water partition coefficient (Wildman–Crippen LogP) is 6.29. The van der Waals surface area contributed by atoms with E-state index in [4.69, 9.17) is 39.3 Å². The first-order chi connectivity index (χ1) is 18.5. The summed E-state index contributed by atoms with van der Waals surface area (Å²) in [4.78, 5) is 21.1. The van der Waals surface area contributed by atoms with E-state index in [0.717, 1.165) is 0 Å². The topological polar surface area (TPSA) is 115 Å². The summed E-state index contributed by atoms with van der Waals surface area (Å²) in [6.45, 7) is 1.54. The van der Waals surface area contributed by atoms with Gasteiger partial charge in [-0.25, -0.2) is 17.8 Å². The van der Waals surface area contributed by atoms with E-state index in [1.807, 2.05) is 0 Å². The van der Waals surface area contributed by atoms with Crippen molar-refractivity contribution >= 4 is 56.2 Å². The van der Waals surface area contributed by atoms with Crippen LogP contribution < -0.4 is 5.32 Å². The number of anilines is 1. The highest BCUT2D eigenvalue weighted by atomic mass is 35.5. The normalized spacial score (nSPS) is 14.3. The van der Waals surface area contributed by atoms with Crippen LogP contribution in [0.1, 0.15) is 36.7 Å². The molecule has 2 aromatic heterocycles. The fourth-order valence-electron chi connectivity index (χ4n) is 4.22. The Kier molecular flexibility index (Phi) is 7.41. The number of pyridine rings is 1. The summed E-state index contributed by atoms with van der Waals surface area (Å²) in [5, 5.41) is 7.43. The Hall–Kier alpha value is -3.05. The van der Waals surface area contributed by atoms with Crippen LogP contribution in [0, 0.1) is 5.82 Å². The average molecular weight is 610 g/mol. The molecule has 0 radical (unpaired) electrons. The second-order valence-electron chi connectivity index (χ2n) is 9.08. The third-order valence-corrected chi connectivity index (χ3v) is 8.96. The molecule has 5 rings (SSSR count). The molecule has 1 aliphatic rings. The van der Waals surface area contributed by atoms with E-state index < -0.39 is 21.1 Å². The lowest BCUT2D eigenvalue weighted by molar-refractivity contribution is -0.115. The van der Waals surface area contributed by atoms with Crippen molar-refractivity contribution in [2.75, 3.05) is 11.1 Å². The number of benzene rings is 2. The maximum absolute atomic E-state index is 13.5. The molecule has 39 heavy (non-hydrogen) atoms. The maximum atomic E-state index is 13.5. The van der Waals surface area contributed by atoms with E-state index in [1.165, 1.54) is 37.4 Å². The molecule has 0 aliphatic heterocycles. The summed E-state index contributed by atoms with van der Waals surface area (Å²) in [7, 11) is -3.42. The first-order valence-corrected chi connectivity index (χ1v) is 14.6. The number of carbonyl (C=O) groups excluding carboxylic acids is 1. The van der Waals surface area contributed by atoms with Crippen LogP contribution in [-0.4, -0.2) is 35.2 Å². The molecular formula is C26H20Cl3FN4O4S.